The molecule has 0 radical (unpaired) electrons. The average molecular weight is 999 g/mol. The van der Waals surface area contributed by atoms with E-state index >= 15 is 0 Å². The van der Waals surface area contributed by atoms with Crippen molar-refractivity contribution in [2.75, 3.05) is 17.3 Å². The minimum absolute atomic E-state index is 0. The number of thiol groups is 3. The van der Waals surface area contributed by atoms with Gasteiger partial charge >= 0.3 is 58.2 Å². The van der Waals surface area contributed by atoms with Gasteiger partial charge in [-0.2, -0.15) is 37.9 Å². The van der Waals surface area contributed by atoms with Crippen molar-refractivity contribution in [3.8, 4) is 0 Å². The van der Waals surface area contributed by atoms with Crippen molar-refractivity contribution in [2.24, 2.45) is 34.4 Å². The molecule has 0 saturated heterocycles. The van der Waals surface area contributed by atoms with Crippen molar-refractivity contribution in [3.63, 3.8) is 0 Å². The number of rotatable bonds is 18. The number of hydrogen-bond donors (Lipinski definition) is 15. The zero-order valence-corrected chi connectivity index (χ0v) is 31.9. The molecular formula is C24H45AuN6O18S3. The Bertz CT molecular complexity index is 954. The van der Waals surface area contributed by atoms with Crippen LogP contribution in [-0.4, -0.2) is 138 Å². The Morgan fingerprint density at radius 3 is 0.615 bits per heavy atom. The zero-order valence-electron chi connectivity index (χ0n) is 27.0. The van der Waals surface area contributed by atoms with Crippen molar-refractivity contribution < 1.29 is 111 Å². The predicted octanol–water partition coefficient (Wildman–Crippen LogP) is -8.23. The van der Waals surface area contributed by atoms with E-state index in [4.69, 9.17) is 65.0 Å². The van der Waals surface area contributed by atoms with Gasteiger partial charge in [0, 0.05) is 36.5 Å². The summed E-state index contributed by atoms with van der Waals surface area (Å²) in [5.41, 5.74) is 29.6. The molecule has 0 aromatic rings. The zero-order chi connectivity index (χ0) is 42.0. The van der Waals surface area contributed by atoms with Crippen LogP contribution in [0.3, 0.4) is 0 Å². The number of carbonyl (C=O) groups is 9. The minimum atomic E-state index is -1.25. The first-order chi connectivity index (χ1) is 23.2. The van der Waals surface area contributed by atoms with Gasteiger partial charge in [0.1, 0.15) is 18.1 Å². The van der Waals surface area contributed by atoms with E-state index < -0.39 is 90.0 Å². The molecule has 0 unspecified atom stereocenters. The fourth-order valence-electron chi connectivity index (χ4n) is 1.43. The summed E-state index contributed by atoms with van der Waals surface area (Å²) in [7, 11) is 0. The van der Waals surface area contributed by atoms with Crippen LogP contribution in [0.2, 0.25) is 0 Å². The third-order valence-electron chi connectivity index (χ3n) is 4.46. The summed E-state index contributed by atoms with van der Waals surface area (Å²) in [4.78, 5) is 88.6. The molecule has 0 spiro atoms. The Hall–Kier alpha value is -3.22. The Labute approximate surface area is 328 Å². The molecule has 0 amide bonds. The second-order valence-electron chi connectivity index (χ2n) is 8.96. The predicted molar refractivity (Wildman–Crippen MR) is 178 cm³/mol. The minimum Gasteiger partial charge on any atom is -0.548 e. The molecule has 0 heterocycles. The van der Waals surface area contributed by atoms with Gasteiger partial charge in [-0.3, -0.25) is 28.8 Å². The van der Waals surface area contributed by atoms with Crippen LogP contribution in [0.4, 0.5) is 0 Å². The van der Waals surface area contributed by atoms with Crippen LogP contribution < -0.4 is 49.7 Å². The second kappa shape index (κ2) is 40.5. The number of hydrogen-bond acceptors (Lipinski definition) is 21. The average Bonchev–Trinajstić information content (AvgIpc) is 3.04. The second-order valence-corrected chi connectivity index (χ2v) is 10.1. The summed E-state index contributed by atoms with van der Waals surface area (Å²) in [5, 5.41) is 77.8. The molecule has 18 N–H and O–H groups in total. The maximum Gasteiger partial charge on any atom is 3.00 e. The molecule has 0 saturated carbocycles. The molecule has 6 atom stereocenters. The van der Waals surface area contributed by atoms with E-state index in [2.05, 4.69) is 37.9 Å². The maximum atomic E-state index is 9.99. The van der Waals surface area contributed by atoms with Gasteiger partial charge in [0.25, 0.3) is 0 Å². The van der Waals surface area contributed by atoms with Crippen molar-refractivity contribution in [2.45, 2.75) is 74.8 Å². The summed E-state index contributed by atoms with van der Waals surface area (Å²) in [5.74, 6) is -9.97. The van der Waals surface area contributed by atoms with Crippen LogP contribution in [0.15, 0.2) is 0 Å². The smallest absolute Gasteiger partial charge is 0.548 e. The van der Waals surface area contributed by atoms with Gasteiger partial charge < -0.3 is 94.7 Å². The molecule has 0 rings (SSSR count). The SMILES string of the molecule is N[C@@H](CCC(=O)O)C(=O)O.N[C@@H](CCC(=O)O)C(=O)O.N[C@@H](CCC(=O)O)C(=O)O.N[C@@H](CS)C(=O)[O-].N[C@@H](CS)C(=O)[O-].N[C@@H](CS)C(=O)[O-].[Au+3]. The van der Waals surface area contributed by atoms with Crippen LogP contribution in [0.25, 0.3) is 0 Å². The van der Waals surface area contributed by atoms with Crippen LogP contribution in [0, 0.1) is 0 Å². The van der Waals surface area contributed by atoms with E-state index in [9.17, 15) is 58.5 Å². The molecule has 0 aliphatic rings. The van der Waals surface area contributed by atoms with Gasteiger partial charge in [-0.05, 0) is 19.3 Å². The van der Waals surface area contributed by atoms with Crippen LogP contribution in [-0.2, 0) is 65.5 Å². The van der Waals surface area contributed by atoms with E-state index in [0.717, 1.165) is 0 Å². The topological polar surface area (TPSA) is 500 Å². The molecule has 0 aromatic heterocycles. The summed E-state index contributed by atoms with van der Waals surface area (Å²) >= 11 is 10.8. The van der Waals surface area contributed by atoms with E-state index in [1.807, 2.05) is 0 Å². The van der Waals surface area contributed by atoms with E-state index in [1.54, 1.807) is 0 Å². The molecule has 0 bridgehead atoms. The van der Waals surface area contributed by atoms with Gasteiger partial charge in [-0.15, -0.1) is 0 Å². The standard InChI is InChI=1S/3C5H9NO4.3C3H7NO2S.Au/c3*6-3(5(9)10)1-2-4(7)8;3*4-2(1-7)3(5)6;/h3*3H,1-2,6H2,(H,7,8)(H,9,10);3*2,7H,1,4H2,(H,5,6);/q;;;;;;+3/p-3/t3*3-;3*2-;/m000000./s1. The molecule has 24 nitrogen and oxygen atoms in total. The first-order valence-electron chi connectivity index (χ1n) is 13.5. The molecule has 308 valence electrons. The van der Waals surface area contributed by atoms with Crippen molar-refractivity contribution >= 4 is 91.6 Å². The van der Waals surface area contributed by atoms with Crippen molar-refractivity contribution in [1.82, 2.24) is 0 Å². The van der Waals surface area contributed by atoms with Crippen LogP contribution in [0.1, 0.15) is 38.5 Å². The fourth-order valence-corrected chi connectivity index (χ4v) is 1.88. The number of aliphatic carboxylic acids is 9. The largest absolute Gasteiger partial charge is 3.00 e. The molecule has 0 fully saturated rings. The third-order valence-corrected chi connectivity index (χ3v) is 5.64. The number of carboxylic acid groups (broad SMARTS) is 9. The Kier molecular flexibility index (Phi) is 49.7. The monoisotopic (exact) mass is 998 g/mol. The van der Waals surface area contributed by atoms with Crippen LogP contribution >= 0.6 is 37.9 Å². The molecule has 0 aliphatic carbocycles. The maximum absolute atomic E-state index is 9.99. The van der Waals surface area contributed by atoms with Gasteiger partial charge in [-0.1, -0.05) is 0 Å². The number of carboxylic acids is 9. The van der Waals surface area contributed by atoms with Crippen molar-refractivity contribution in [3.05, 3.63) is 0 Å². The quantitative estimate of drug-likeness (QED) is 0.0448. The first-order valence-corrected chi connectivity index (χ1v) is 15.4. The summed E-state index contributed by atoms with van der Waals surface area (Å²) < 4.78 is 0. The van der Waals surface area contributed by atoms with Gasteiger partial charge in [-0.25, -0.2) is 0 Å². The molecular weight excluding hydrogens is 953 g/mol. The van der Waals surface area contributed by atoms with E-state index in [1.165, 1.54) is 0 Å². The number of nitrogens with two attached hydrogens (primary N) is 6. The van der Waals surface area contributed by atoms with Gasteiger partial charge in [0.05, 0.1) is 36.0 Å². The summed E-state index contributed by atoms with van der Waals surface area (Å²) in [6.07, 6.45) is -0.672. The van der Waals surface area contributed by atoms with E-state index in [0.29, 0.717) is 0 Å². The summed E-state index contributed by atoms with van der Waals surface area (Å²) in [6.45, 7) is 0. The third kappa shape index (κ3) is 56.2. The van der Waals surface area contributed by atoms with Gasteiger partial charge in [0.15, 0.2) is 0 Å². The normalized spacial score (nSPS) is 12.6. The number of carbonyl (C=O) groups excluding carboxylic acids is 3. The molecule has 52 heavy (non-hydrogen) atoms. The molecule has 0 aliphatic heterocycles. The van der Waals surface area contributed by atoms with E-state index in [-0.39, 0.29) is 78.2 Å². The Morgan fingerprint density at radius 1 is 0.404 bits per heavy atom. The molecule has 28 heteroatoms. The summed E-state index contributed by atoms with van der Waals surface area (Å²) in [6, 6.07) is -5.96. The molecule has 0 aromatic carbocycles. The Balaban J connectivity index is -0.0000000939. The fraction of sp³-hybridized carbons (Fsp3) is 0.625. The van der Waals surface area contributed by atoms with Gasteiger partial charge in [0.2, 0.25) is 0 Å². The van der Waals surface area contributed by atoms with Crippen LogP contribution in [0.5, 0.6) is 0 Å². The Morgan fingerprint density at radius 2 is 0.558 bits per heavy atom. The van der Waals surface area contributed by atoms with Crippen molar-refractivity contribution in [1.29, 1.82) is 0 Å². The first kappa shape index (κ1) is 63.8.